The number of piperazine rings is 1. The summed E-state index contributed by atoms with van der Waals surface area (Å²) in [7, 11) is 0. The van der Waals surface area contributed by atoms with Crippen molar-refractivity contribution in [2.45, 2.75) is 45.3 Å². The smallest absolute Gasteiger partial charge is 0.237 e. The maximum Gasteiger partial charge on any atom is 0.237 e. The predicted octanol–water partition coefficient (Wildman–Crippen LogP) is 1.04. The molecular weight excluding hydrogens is 347 g/mol. The van der Waals surface area contributed by atoms with E-state index in [9.17, 15) is 14.0 Å². The molecule has 0 spiro atoms. The summed E-state index contributed by atoms with van der Waals surface area (Å²) in [6, 6.07) is 5.26. The van der Waals surface area contributed by atoms with Crippen molar-refractivity contribution in [2.24, 2.45) is 0 Å². The lowest BCUT2D eigenvalue weighted by Crippen LogP contribution is -2.55. The molecule has 7 heteroatoms. The van der Waals surface area contributed by atoms with Crippen molar-refractivity contribution < 1.29 is 14.0 Å². The lowest BCUT2D eigenvalue weighted by molar-refractivity contribution is -0.128. The average molecular weight is 376 g/mol. The van der Waals surface area contributed by atoms with Crippen molar-refractivity contribution in [3.8, 4) is 0 Å². The molecule has 2 aliphatic rings. The Kier molecular flexibility index (Phi) is 6.44. The van der Waals surface area contributed by atoms with Crippen molar-refractivity contribution in [3.63, 3.8) is 0 Å². The summed E-state index contributed by atoms with van der Waals surface area (Å²) in [6.45, 7) is 7.38. The van der Waals surface area contributed by atoms with Gasteiger partial charge in [0, 0.05) is 38.8 Å². The highest BCUT2D eigenvalue weighted by molar-refractivity contribution is 5.82. The lowest BCUT2D eigenvalue weighted by atomic mass is 10.1. The standard InChI is InChI=1S/C20H29FN4O2/c1-14-3-4-16(11-18(14)21)12-22-19(26)13-24-7-9-25(10-8-24)15(2)20(27)23-17-5-6-17/h3-4,11,15,17H,5-10,12-13H2,1-2H3,(H,22,26)(H,23,27). The van der Waals surface area contributed by atoms with E-state index < -0.39 is 0 Å². The van der Waals surface area contributed by atoms with Crippen LogP contribution in [0.15, 0.2) is 18.2 Å². The van der Waals surface area contributed by atoms with E-state index >= 15 is 0 Å². The van der Waals surface area contributed by atoms with Crippen LogP contribution >= 0.6 is 0 Å². The van der Waals surface area contributed by atoms with Gasteiger partial charge in [0.1, 0.15) is 5.82 Å². The van der Waals surface area contributed by atoms with Crippen LogP contribution in [0.2, 0.25) is 0 Å². The largest absolute Gasteiger partial charge is 0.352 e. The molecule has 1 aromatic rings. The Hall–Kier alpha value is -1.99. The number of nitrogens with one attached hydrogen (secondary N) is 2. The fourth-order valence-corrected chi connectivity index (χ4v) is 3.23. The molecule has 27 heavy (non-hydrogen) atoms. The number of carbonyl (C=O) groups excluding carboxylic acids is 2. The van der Waals surface area contributed by atoms with Gasteiger partial charge >= 0.3 is 0 Å². The maximum atomic E-state index is 13.6. The minimum Gasteiger partial charge on any atom is -0.352 e. The third kappa shape index (κ3) is 5.74. The third-order valence-electron chi connectivity index (χ3n) is 5.35. The number of benzene rings is 1. The highest BCUT2D eigenvalue weighted by Gasteiger charge is 2.30. The van der Waals surface area contributed by atoms with Gasteiger partial charge in [0.2, 0.25) is 11.8 Å². The molecule has 1 saturated carbocycles. The highest BCUT2D eigenvalue weighted by atomic mass is 19.1. The molecule has 1 heterocycles. The second kappa shape index (κ2) is 8.80. The van der Waals surface area contributed by atoms with Crippen molar-refractivity contribution in [2.75, 3.05) is 32.7 Å². The molecule has 2 N–H and O–H groups in total. The zero-order valence-corrected chi connectivity index (χ0v) is 16.1. The summed E-state index contributed by atoms with van der Waals surface area (Å²) < 4.78 is 13.6. The van der Waals surface area contributed by atoms with E-state index in [1.165, 1.54) is 6.07 Å². The van der Waals surface area contributed by atoms with Gasteiger partial charge in [-0.3, -0.25) is 19.4 Å². The summed E-state index contributed by atoms with van der Waals surface area (Å²) in [5, 5.41) is 5.90. The van der Waals surface area contributed by atoms with Gasteiger partial charge in [-0.1, -0.05) is 12.1 Å². The van der Waals surface area contributed by atoms with E-state index in [1.807, 2.05) is 13.0 Å². The molecule has 2 fully saturated rings. The quantitative estimate of drug-likeness (QED) is 0.746. The van der Waals surface area contributed by atoms with Crippen LogP contribution < -0.4 is 10.6 Å². The van der Waals surface area contributed by atoms with E-state index in [0.717, 1.165) is 44.6 Å². The minimum absolute atomic E-state index is 0.0658. The van der Waals surface area contributed by atoms with Gasteiger partial charge in [-0.25, -0.2) is 4.39 Å². The zero-order chi connectivity index (χ0) is 19.4. The molecule has 2 amide bonds. The van der Waals surface area contributed by atoms with Gasteiger partial charge in [-0.15, -0.1) is 0 Å². The summed E-state index contributed by atoms with van der Waals surface area (Å²) in [4.78, 5) is 28.6. The molecule has 6 nitrogen and oxygen atoms in total. The lowest BCUT2D eigenvalue weighted by Gasteiger charge is -2.37. The number of amides is 2. The van der Waals surface area contributed by atoms with E-state index in [1.54, 1.807) is 13.0 Å². The van der Waals surface area contributed by atoms with Gasteiger partial charge in [-0.2, -0.15) is 0 Å². The van der Waals surface area contributed by atoms with Crippen LogP contribution in [0, 0.1) is 12.7 Å². The van der Waals surface area contributed by atoms with Gasteiger partial charge in [-0.05, 0) is 43.9 Å². The number of nitrogens with zero attached hydrogens (tertiary/aromatic N) is 2. The van der Waals surface area contributed by atoms with Crippen LogP contribution in [0.5, 0.6) is 0 Å². The minimum atomic E-state index is -0.252. The summed E-state index contributed by atoms with van der Waals surface area (Å²) in [5.74, 6) is -0.212. The zero-order valence-electron chi connectivity index (χ0n) is 16.1. The second-order valence-corrected chi connectivity index (χ2v) is 7.63. The fourth-order valence-electron chi connectivity index (χ4n) is 3.23. The molecule has 1 atom stereocenters. The van der Waals surface area contributed by atoms with Crippen molar-refractivity contribution in [1.82, 2.24) is 20.4 Å². The third-order valence-corrected chi connectivity index (χ3v) is 5.35. The molecule has 148 valence electrons. The Bertz CT molecular complexity index is 685. The predicted molar refractivity (Wildman–Crippen MR) is 102 cm³/mol. The molecule has 0 aromatic heterocycles. The normalized spacial score (nSPS) is 19.5. The van der Waals surface area contributed by atoms with E-state index in [-0.39, 0.29) is 23.7 Å². The van der Waals surface area contributed by atoms with E-state index in [2.05, 4.69) is 20.4 Å². The SMILES string of the molecule is Cc1ccc(CNC(=O)CN2CCN(C(C)C(=O)NC3CC3)CC2)cc1F. The number of carbonyl (C=O) groups is 2. The maximum absolute atomic E-state index is 13.6. The summed E-state index contributed by atoms with van der Waals surface area (Å²) >= 11 is 0. The summed E-state index contributed by atoms with van der Waals surface area (Å²) in [5.41, 5.74) is 1.36. The first-order valence-electron chi connectivity index (χ1n) is 9.71. The van der Waals surface area contributed by atoms with Gasteiger partial charge in [0.25, 0.3) is 0 Å². The number of halogens is 1. The van der Waals surface area contributed by atoms with Crippen molar-refractivity contribution in [3.05, 3.63) is 35.1 Å². The first kappa shape index (κ1) is 19.8. The van der Waals surface area contributed by atoms with E-state index in [4.69, 9.17) is 0 Å². The van der Waals surface area contributed by atoms with Gasteiger partial charge in [0.15, 0.2) is 0 Å². The van der Waals surface area contributed by atoms with Crippen LogP contribution in [0.4, 0.5) is 4.39 Å². The number of hydrogen-bond donors (Lipinski definition) is 2. The second-order valence-electron chi connectivity index (χ2n) is 7.63. The van der Waals surface area contributed by atoms with Crippen LogP contribution in [-0.4, -0.2) is 66.4 Å². The molecule has 1 unspecified atom stereocenters. The Balaban J connectivity index is 1.37. The molecule has 0 bridgehead atoms. The molecule has 1 aliphatic heterocycles. The molecule has 1 aliphatic carbocycles. The number of rotatable bonds is 7. The molecular formula is C20H29FN4O2. The topological polar surface area (TPSA) is 64.7 Å². The number of hydrogen-bond acceptors (Lipinski definition) is 4. The molecule has 3 rings (SSSR count). The van der Waals surface area contributed by atoms with Gasteiger partial charge in [0.05, 0.1) is 12.6 Å². The van der Waals surface area contributed by atoms with E-state index in [0.29, 0.717) is 24.7 Å². The average Bonchev–Trinajstić information content (AvgIpc) is 3.46. The summed E-state index contributed by atoms with van der Waals surface area (Å²) in [6.07, 6.45) is 2.19. The first-order valence-corrected chi connectivity index (χ1v) is 9.71. The van der Waals surface area contributed by atoms with Crippen LogP contribution in [-0.2, 0) is 16.1 Å². The van der Waals surface area contributed by atoms with Crippen molar-refractivity contribution in [1.29, 1.82) is 0 Å². The fraction of sp³-hybridized carbons (Fsp3) is 0.600. The Morgan fingerprint density at radius 1 is 1.22 bits per heavy atom. The van der Waals surface area contributed by atoms with Crippen molar-refractivity contribution >= 4 is 11.8 Å². The molecule has 0 radical (unpaired) electrons. The number of aryl methyl sites for hydroxylation is 1. The molecule has 1 aromatic carbocycles. The Morgan fingerprint density at radius 3 is 2.56 bits per heavy atom. The van der Waals surface area contributed by atoms with Gasteiger partial charge < -0.3 is 10.6 Å². The molecule has 1 saturated heterocycles. The Labute approximate surface area is 160 Å². The van der Waals surface area contributed by atoms with Crippen LogP contribution in [0.1, 0.15) is 30.9 Å². The van der Waals surface area contributed by atoms with Crippen LogP contribution in [0.25, 0.3) is 0 Å². The first-order chi connectivity index (χ1) is 12.9. The Morgan fingerprint density at radius 2 is 1.93 bits per heavy atom. The monoisotopic (exact) mass is 376 g/mol. The van der Waals surface area contributed by atoms with Crippen LogP contribution in [0.3, 0.4) is 0 Å². The highest BCUT2D eigenvalue weighted by Crippen LogP contribution is 2.19.